The van der Waals surface area contributed by atoms with Crippen LogP contribution in [-0.2, 0) is 14.3 Å². The smallest absolute Gasteiger partial charge is 0.317 e. The van der Waals surface area contributed by atoms with Gasteiger partial charge in [0.05, 0.1) is 12.3 Å². The summed E-state index contributed by atoms with van der Waals surface area (Å²) in [6.45, 7) is 2.23. The van der Waals surface area contributed by atoms with Crippen LogP contribution in [0.25, 0.3) is 0 Å². The van der Waals surface area contributed by atoms with Gasteiger partial charge < -0.3 is 4.74 Å². The van der Waals surface area contributed by atoms with Gasteiger partial charge in [-0.3, -0.25) is 9.59 Å². The van der Waals surface area contributed by atoms with Gasteiger partial charge in [0.2, 0.25) is 0 Å². The molecule has 2 fully saturated rings. The summed E-state index contributed by atoms with van der Waals surface area (Å²) in [5.41, 5.74) is 0. The number of unbranched alkanes of at least 4 members (excludes halogenated alkanes) is 2. The van der Waals surface area contributed by atoms with E-state index in [0.717, 1.165) is 18.3 Å². The fourth-order valence-electron chi connectivity index (χ4n) is 4.46. The summed E-state index contributed by atoms with van der Waals surface area (Å²) in [6, 6.07) is 0. The van der Waals surface area contributed by atoms with Gasteiger partial charge in [0, 0.05) is 0 Å². The Kier molecular flexibility index (Phi) is 3.95. The third-order valence-corrected chi connectivity index (χ3v) is 5.46. The number of hydrogen-bond donors (Lipinski definition) is 0. The molecule has 1 saturated carbocycles. The van der Waals surface area contributed by atoms with Gasteiger partial charge in [-0.25, -0.2) is 0 Å². The first-order valence-electron chi connectivity index (χ1n) is 8.12. The Morgan fingerprint density at radius 3 is 2.55 bits per heavy atom. The predicted octanol–water partition coefficient (Wildman–Crippen LogP) is 3.48. The molecule has 3 heteroatoms. The largest absolute Gasteiger partial charge is 0.393 e. The maximum absolute atomic E-state index is 11.7. The zero-order valence-electron chi connectivity index (χ0n) is 12.2. The first-order valence-corrected chi connectivity index (χ1v) is 8.12. The number of rotatable bonds is 6. The normalized spacial score (nSPS) is 38.8. The Hall–Kier alpha value is -1.12. The zero-order valence-corrected chi connectivity index (χ0v) is 12.2. The lowest BCUT2D eigenvalue weighted by atomic mass is 9.75. The maximum atomic E-state index is 11.7. The van der Waals surface area contributed by atoms with Gasteiger partial charge in [0.25, 0.3) is 0 Å². The van der Waals surface area contributed by atoms with Crippen molar-refractivity contribution >= 4 is 11.9 Å². The standard InChI is InChI=1S/C17H24O3/c1-2-3-4-5-14-11-6-7-12(8-11)15(14)9-13-10-16(18)20-17(13)19/h6-7,11-15H,2-5,8-10H2,1H3. The fourth-order valence-corrected chi connectivity index (χ4v) is 4.46. The Bertz CT molecular complexity index is 426. The molecule has 0 spiro atoms. The van der Waals surface area contributed by atoms with E-state index in [1.807, 2.05) is 0 Å². The molecule has 5 atom stereocenters. The molecule has 3 aliphatic rings. The topological polar surface area (TPSA) is 43.4 Å². The van der Waals surface area contributed by atoms with Crippen LogP contribution in [0.4, 0.5) is 0 Å². The second kappa shape index (κ2) is 5.71. The number of allylic oxidation sites excluding steroid dienone is 2. The van der Waals surface area contributed by atoms with E-state index in [9.17, 15) is 9.59 Å². The molecule has 5 unspecified atom stereocenters. The Balaban J connectivity index is 1.63. The average Bonchev–Trinajstić information content (AvgIpc) is 3.07. The Morgan fingerprint density at radius 1 is 1.15 bits per heavy atom. The Morgan fingerprint density at radius 2 is 1.90 bits per heavy atom. The molecule has 1 aliphatic heterocycles. The van der Waals surface area contributed by atoms with Gasteiger partial charge in [0.1, 0.15) is 0 Å². The van der Waals surface area contributed by atoms with Gasteiger partial charge in [-0.05, 0) is 42.9 Å². The van der Waals surface area contributed by atoms with E-state index >= 15 is 0 Å². The van der Waals surface area contributed by atoms with E-state index in [2.05, 4.69) is 19.1 Å². The van der Waals surface area contributed by atoms with Crippen LogP contribution in [0.15, 0.2) is 12.2 Å². The van der Waals surface area contributed by atoms with Gasteiger partial charge in [0.15, 0.2) is 0 Å². The van der Waals surface area contributed by atoms with Crippen LogP contribution in [-0.4, -0.2) is 11.9 Å². The van der Waals surface area contributed by atoms with Gasteiger partial charge in [-0.2, -0.15) is 0 Å². The molecule has 3 rings (SSSR count). The number of ether oxygens (including phenoxy) is 1. The highest BCUT2D eigenvalue weighted by Crippen LogP contribution is 2.52. The van der Waals surface area contributed by atoms with Crippen molar-refractivity contribution in [3.8, 4) is 0 Å². The zero-order chi connectivity index (χ0) is 14.1. The number of carbonyl (C=O) groups excluding carboxylic acids is 2. The minimum Gasteiger partial charge on any atom is -0.393 e. The predicted molar refractivity (Wildman–Crippen MR) is 75.7 cm³/mol. The molecule has 1 heterocycles. The molecule has 2 bridgehead atoms. The molecule has 1 saturated heterocycles. The minimum absolute atomic E-state index is 0.172. The van der Waals surface area contributed by atoms with E-state index in [0.29, 0.717) is 18.3 Å². The fraction of sp³-hybridized carbons (Fsp3) is 0.765. The third kappa shape index (κ3) is 2.55. The highest BCUT2D eigenvalue weighted by molar-refractivity contribution is 5.94. The third-order valence-electron chi connectivity index (χ3n) is 5.46. The quantitative estimate of drug-likeness (QED) is 0.323. The van der Waals surface area contributed by atoms with Crippen LogP contribution in [0.5, 0.6) is 0 Å². The van der Waals surface area contributed by atoms with E-state index in [1.165, 1.54) is 32.1 Å². The molecule has 0 aromatic carbocycles. The van der Waals surface area contributed by atoms with Crippen molar-refractivity contribution in [1.82, 2.24) is 0 Å². The molecule has 0 aromatic heterocycles. The molecule has 2 aliphatic carbocycles. The number of esters is 2. The van der Waals surface area contributed by atoms with Crippen LogP contribution < -0.4 is 0 Å². The summed E-state index contributed by atoms with van der Waals surface area (Å²) in [4.78, 5) is 22.9. The van der Waals surface area contributed by atoms with E-state index in [-0.39, 0.29) is 17.9 Å². The summed E-state index contributed by atoms with van der Waals surface area (Å²) in [5, 5.41) is 0. The first-order chi connectivity index (χ1) is 9.69. The van der Waals surface area contributed by atoms with Crippen LogP contribution in [0.1, 0.15) is 51.9 Å². The highest BCUT2D eigenvalue weighted by Gasteiger charge is 2.46. The van der Waals surface area contributed by atoms with E-state index in [1.54, 1.807) is 0 Å². The molecule has 110 valence electrons. The lowest BCUT2D eigenvalue weighted by Crippen LogP contribution is -2.24. The van der Waals surface area contributed by atoms with Crippen molar-refractivity contribution < 1.29 is 14.3 Å². The van der Waals surface area contributed by atoms with Crippen LogP contribution in [0.3, 0.4) is 0 Å². The summed E-state index contributed by atoms with van der Waals surface area (Å²) in [6.07, 6.45) is 12.3. The molecule has 0 N–H and O–H groups in total. The van der Waals surface area contributed by atoms with Crippen molar-refractivity contribution in [3.63, 3.8) is 0 Å². The average molecular weight is 276 g/mol. The number of fused-ring (bicyclic) bond motifs is 2. The second-order valence-corrected chi connectivity index (χ2v) is 6.70. The second-order valence-electron chi connectivity index (χ2n) is 6.70. The van der Waals surface area contributed by atoms with Gasteiger partial charge in [-0.1, -0.05) is 38.3 Å². The monoisotopic (exact) mass is 276 g/mol. The molecule has 0 radical (unpaired) electrons. The molecule has 3 nitrogen and oxygen atoms in total. The van der Waals surface area contributed by atoms with Crippen molar-refractivity contribution in [2.24, 2.45) is 29.6 Å². The van der Waals surface area contributed by atoms with Crippen molar-refractivity contribution in [2.45, 2.75) is 51.9 Å². The molecule has 0 aromatic rings. The SMILES string of the molecule is CCCCCC1C2C=CC(C2)C1CC1CC(=O)OC1=O. The summed E-state index contributed by atoms with van der Waals surface area (Å²) in [5.74, 6) is 1.87. The van der Waals surface area contributed by atoms with Crippen molar-refractivity contribution in [1.29, 1.82) is 0 Å². The summed E-state index contributed by atoms with van der Waals surface area (Å²) < 4.78 is 4.70. The lowest BCUT2D eigenvalue weighted by Gasteiger charge is -2.29. The number of hydrogen-bond acceptors (Lipinski definition) is 3. The molecule has 20 heavy (non-hydrogen) atoms. The summed E-state index contributed by atoms with van der Waals surface area (Å²) in [7, 11) is 0. The number of carbonyl (C=O) groups is 2. The number of cyclic esters (lactones) is 2. The van der Waals surface area contributed by atoms with Crippen molar-refractivity contribution in [3.05, 3.63) is 12.2 Å². The Labute approximate surface area is 120 Å². The van der Waals surface area contributed by atoms with E-state index < -0.39 is 0 Å². The lowest BCUT2D eigenvalue weighted by molar-refractivity contribution is -0.153. The maximum Gasteiger partial charge on any atom is 0.317 e. The van der Waals surface area contributed by atoms with Crippen LogP contribution in [0, 0.1) is 29.6 Å². The van der Waals surface area contributed by atoms with Gasteiger partial charge in [-0.15, -0.1) is 0 Å². The van der Waals surface area contributed by atoms with Gasteiger partial charge >= 0.3 is 11.9 Å². The molecular weight excluding hydrogens is 252 g/mol. The first kappa shape index (κ1) is 13.8. The molecule has 0 amide bonds. The minimum atomic E-state index is -0.332. The molecular formula is C17H24O3. The van der Waals surface area contributed by atoms with E-state index in [4.69, 9.17) is 4.74 Å². The summed E-state index contributed by atoms with van der Waals surface area (Å²) >= 11 is 0. The van der Waals surface area contributed by atoms with Crippen LogP contribution in [0.2, 0.25) is 0 Å². The highest BCUT2D eigenvalue weighted by atomic mass is 16.6. The van der Waals surface area contributed by atoms with Crippen LogP contribution >= 0.6 is 0 Å². The van der Waals surface area contributed by atoms with Crippen molar-refractivity contribution in [2.75, 3.05) is 0 Å².